The van der Waals surface area contributed by atoms with Crippen LogP contribution in [0.3, 0.4) is 0 Å². The average Bonchev–Trinajstić information content (AvgIpc) is 2.80. The third kappa shape index (κ3) is 2.14. The van der Waals surface area contributed by atoms with Gasteiger partial charge in [-0.2, -0.15) is 0 Å². The maximum absolute atomic E-state index is 13.1. The summed E-state index contributed by atoms with van der Waals surface area (Å²) in [6, 6.07) is 0. The molecule has 1 N–H and O–H groups in total. The minimum Gasteiger partial charge on any atom is -0.393 e. The van der Waals surface area contributed by atoms with Crippen LogP contribution in [0, 0.1) is 40.4 Å². The first-order chi connectivity index (χ1) is 11.3. The molecule has 2 heteroatoms. The van der Waals surface area contributed by atoms with Crippen molar-refractivity contribution in [3.05, 3.63) is 11.6 Å². The lowest BCUT2D eigenvalue weighted by Gasteiger charge is -2.56. The van der Waals surface area contributed by atoms with Crippen molar-refractivity contribution in [2.24, 2.45) is 40.4 Å². The first kappa shape index (κ1) is 16.8. The summed E-state index contributed by atoms with van der Waals surface area (Å²) in [5, 5.41) is 10.1. The molecular formula is C22H34O2. The van der Waals surface area contributed by atoms with Crippen molar-refractivity contribution in [1.82, 2.24) is 0 Å². The summed E-state index contributed by atoms with van der Waals surface area (Å²) < 4.78 is 0. The number of allylic oxidation sites excluding steroid dienone is 1. The Kier molecular flexibility index (Phi) is 3.81. The van der Waals surface area contributed by atoms with E-state index in [9.17, 15) is 9.90 Å². The first-order valence-electron chi connectivity index (χ1n) is 10.2. The van der Waals surface area contributed by atoms with Gasteiger partial charge in [-0.25, -0.2) is 0 Å². The third-order valence-electron chi connectivity index (χ3n) is 8.68. The fourth-order valence-corrected chi connectivity index (χ4v) is 7.08. The molecule has 24 heavy (non-hydrogen) atoms. The predicted octanol–water partition coefficient (Wildman–Crippen LogP) is 4.76. The van der Waals surface area contributed by atoms with Crippen LogP contribution >= 0.6 is 0 Å². The summed E-state index contributed by atoms with van der Waals surface area (Å²) in [7, 11) is 0. The molecule has 7 atom stereocenters. The molecule has 0 aromatic rings. The van der Waals surface area contributed by atoms with Crippen LogP contribution in [0.5, 0.6) is 0 Å². The van der Waals surface area contributed by atoms with Gasteiger partial charge in [-0.15, -0.1) is 0 Å². The molecule has 0 aromatic heterocycles. The monoisotopic (exact) mass is 330 g/mol. The summed E-state index contributed by atoms with van der Waals surface area (Å²) in [6.45, 7) is 9.19. The molecule has 0 heterocycles. The molecule has 0 amide bonds. The quantitative estimate of drug-likeness (QED) is 0.704. The average molecular weight is 331 g/mol. The number of fused-ring (bicyclic) bond motifs is 5. The van der Waals surface area contributed by atoms with Gasteiger partial charge in [-0.05, 0) is 74.0 Å². The molecule has 0 aromatic carbocycles. The molecule has 0 spiro atoms. The molecule has 0 radical (unpaired) electrons. The van der Waals surface area contributed by atoms with E-state index in [1.54, 1.807) is 0 Å². The first-order valence-corrected chi connectivity index (χ1v) is 10.2. The van der Waals surface area contributed by atoms with E-state index in [0.717, 1.165) is 44.4 Å². The van der Waals surface area contributed by atoms with Gasteiger partial charge in [0.2, 0.25) is 0 Å². The molecule has 3 fully saturated rings. The summed E-state index contributed by atoms with van der Waals surface area (Å²) in [6.07, 6.45) is 9.85. The summed E-state index contributed by atoms with van der Waals surface area (Å²) in [4.78, 5) is 13.1. The highest BCUT2D eigenvalue weighted by atomic mass is 16.3. The lowest BCUT2D eigenvalue weighted by Crippen LogP contribution is -2.50. The van der Waals surface area contributed by atoms with E-state index in [-0.39, 0.29) is 22.9 Å². The Morgan fingerprint density at radius 1 is 1.12 bits per heavy atom. The van der Waals surface area contributed by atoms with Crippen molar-refractivity contribution in [3.8, 4) is 0 Å². The molecule has 3 saturated carbocycles. The fourth-order valence-electron chi connectivity index (χ4n) is 7.08. The minimum atomic E-state index is -0.131. The Labute approximate surface area is 147 Å². The SMILES string of the molecule is CC(C)[C@H]1C[C@H]2[C@@H]3CC=C4C[C@H](O)CC[C@]4(C)[C@H]3CC[C@]2(C)C1=O. The van der Waals surface area contributed by atoms with Crippen LogP contribution in [0.1, 0.15) is 72.6 Å². The highest BCUT2D eigenvalue weighted by molar-refractivity contribution is 5.89. The van der Waals surface area contributed by atoms with E-state index >= 15 is 0 Å². The van der Waals surface area contributed by atoms with Crippen LogP contribution in [-0.4, -0.2) is 17.0 Å². The van der Waals surface area contributed by atoms with Gasteiger partial charge in [0.15, 0.2) is 0 Å². The van der Waals surface area contributed by atoms with Gasteiger partial charge >= 0.3 is 0 Å². The largest absolute Gasteiger partial charge is 0.393 e. The maximum atomic E-state index is 13.1. The van der Waals surface area contributed by atoms with Crippen LogP contribution in [0.2, 0.25) is 0 Å². The molecule has 4 aliphatic rings. The van der Waals surface area contributed by atoms with E-state index in [4.69, 9.17) is 0 Å². The van der Waals surface area contributed by atoms with Gasteiger partial charge in [-0.3, -0.25) is 4.79 Å². The van der Waals surface area contributed by atoms with E-state index < -0.39 is 0 Å². The molecular weight excluding hydrogens is 296 g/mol. The lowest BCUT2D eigenvalue weighted by molar-refractivity contribution is -0.135. The highest BCUT2D eigenvalue weighted by Gasteiger charge is 2.61. The van der Waals surface area contributed by atoms with Crippen LogP contribution in [0.15, 0.2) is 11.6 Å². The second-order valence-electron chi connectivity index (χ2n) is 10.1. The zero-order valence-corrected chi connectivity index (χ0v) is 15.8. The van der Waals surface area contributed by atoms with Crippen LogP contribution < -0.4 is 0 Å². The maximum Gasteiger partial charge on any atom is 0.142 e. The molecule has 0 aliphatic heterocycles. The van der Waals surface area contributed by atoms with Gasteiger partial charge in [0.25, 0.3) is 0 Å². The normalized spacial score (nSPS) is 51.0. The second-order valence-corrected chi connectivity index (χ2v) is 10.1. The predicted molar refractivity (Wildman–Crippen MR) is 96.4 cm³/mol. The topological polar surface area (TPSA) is 37.3 Å². The number of Topliss-reactive ketones (excluding diaryl/α,β-unsaturated/α-hetero) is 1. The number of carbonyl (C=O) groups is 1. The van der Waals surface area contributed by atoms with Crippen molar-refractivity contribution < 1.29 is 9.90 Å². The third-order valence-corrected chi connectivity index (χ3v) is 8.68. The molecule has 0 saturated heterocycles. The zero-order chi connectivity index (χ0) is 17.3. The van der Waals surface area contributed by atoms with E-state index in [1.165, 1.54) is 12.0 Å². The van der Waals surface area contributed by atoms with Crippen LogP contribution in [-0.2, 0) is 4.79 Å². The van der Waals surface area contributed by atoms with E-state index in [0.29, 0.717) is 23.5 Å². The zero-order valence-electron chi connectivity index (χ0n) is 15.8. The van der Waals surface area contributed by atoms with Gasteiger partial charge in [0.05, 0.1) is 6.10 Å². The minimum absolute atomic E-state index is 0.0635. The Morgan fingerprint density at radius 3 is 2.54 bits per heavy atom. The molecule has 0 bridgehead atoms. The van der Waals surface area contributed by atoms with Gasteiger partial charge in [0, 0.05) is 11.3 Å². The van der Waals surface area contributed by atoms with Crippen molar-refractivity contribution in [3.63, 3.8) is 0 Å². The number of carbonyl (C=O) groups excluding carboxylic acids is 1. The molecule has 134 valence electrons. The van der Waals surface area contributed by atoms with Crippen LogP contribution in [0.25, 0.3) is 0 Å². The fraction of sp³-hybridized carbons (Fsp3) is 0.864. The Hall–Kier alpha value is -0.630. The van der Waals surface area contributed by atoms with Gasteiger partial charge in [0.1, 0.15) is 5.78 Å². The molecule has 2 nitrogen and oxygen atoms in total. The van der Waals surface area contributed by atoms with Crippen LogP contribution in [0.4, 0.5) is 0 Å². The smallest absolute Gasteiger partial charge is 0.142 e. The Bertz CT molecular complexity index is 577. The van der Waals surface area contributed by atoms with E-state index in [2.05, 4.69) is 33.8 Å². The summed E-state index contributed by atoms with van der Waals surface area (Å²) in [5.41, 5.74) is 1.74. The van der Waals surface area contributed by atoms with Gasteiger partial charge in [-0.1, -0.05) is 39.3 Å². The Morgan fingerprint density at radius 2 is 1.83 bits per heavy atom. The highest BCUT2D eigenvalue weighted by Crippen LogP contribution is 2.65. The number of aliphatic hydroxyl groups excluding tert-OH is 1. The number of ketones is 1. The summed E-state index contributed by atoms with van der Waals surface area (Å²) in [5.74, 6) is 3.32. The van der Waals surface area contributed by atoms with Crippen molar-refractivity contribution in [2.45, 2.75) is 78.7 Å². The number of hydrogen-bond donors (Lipinski definition) is 1. The Balaban J connectivity index is 1.68. The van der Waals surface area contributed by atoms with Crippen molar-refractivity contribution >= 4 is 5.78 Å². The molecule has 4 aliphatic carbocycles. The standard InChI is InChI=1S/C22H34O2/c1-13(2)17-12-19-16-6-5-14-11-15(23)7-9-21(14,3)18(16)8-10-22(19,4)20(17)24/h5,13,15-19,23H,6-12H2,1-4H3/t15-,16-,17-,18+,19+,21+,22+/m1/s1. The molecule has 0 unspecified atom stereocenters. The summed E-state index contributed by atoms with van der Waals surface area (Å²) >= 11 is 0. The number of aliphatic hydroxyl groups is 1. The second kappa shape index (κ2) is 5.43. The van der Waals surface area contributed by atoms with Gasteiger partial charge < -0.3 is 5.11 Å². The van der Waals surface area contributed by atoms with Crippen molar-refractivity contribution in [2.75, 3.05) is 0 Å². The van der Waals surface area contributed by atoms with Crippen molar-refractivity contribution in [1.29, 1.82) is 0 Å². The lowest BCUT2D eigenvalue weighted by atomic mass is 9.48. The number of hydrogen-bond acceptors (Lipinski definition) is 2. The van der Waals surface area contributed by atoms with E-state index in [1.807, 2.05) is 0 Å². The molecule has 4 rings (SSSR count). The number of rotatable bonds is 1.